The second-order valence-corrected chi connectivity index (χ2v) is 7.02. The Morgan fingerprint density at radius 3 is 2.58 bits per heavy atom. The number of aliphatic hydroxyl groups excluding tert-OH is 1. The van der Waals surface area contributed by atoms with Gasteiger partial charge in [0.05, 0.1) is 12.7 Å². The van der Waals surface area contributed by atoms with Crippen molar-refractivity contribution in [1.29, 1.82) is 0 Å². The van der Waals surface area contributed by atoms with Crippen LogP contribution in [0.3, 0.4) is 0 Å². The fourth-order valence-electron chi connectivity index (χ4n) is 4.14. The van der Waals surface area contributed by atoms with Gasteiger partial charge in [-0.15, -0.1) is 0 Å². The second kappa shape index (κ2) is 6.56. The number of aromatic nitrogens is 2. The van der Waals surface area contributed by atoms with Crippen LogP contribution in [0.4, 0.5) is 0 Å². The van der Waals surface area contributed by atoms with Crippen molar-refractivity contribution in [2.24, 2.45) is 11.8 Å². The minimum atomic E-state index is 0.0589. The van der Waals surface area contributed by atoms with Gasteiger partial charge in [0.2, 0.25) is 0 Å². The van der Waals surface area contributed by atoms with Gasteiger partial charge in [-0.2, -0.15) is 0 Å². The molecule has 5 heteroatoms. The Morgan fingerprint density at radius 2 is 1.88 bits per heavy atom. The number of benzene rings is 1. The maximum Gasteiger partial charge on any atom is 0.316 e. The van der Waals surface area contributed by atoms with Gasteiger partial charge >= 0.3 is 6.01 Å². The monoisotopic (exact) mass is 350 g/mol. The quantitative estimate of drug-likeness (QED) is 0.903. The van der Waals surface area contributed by atoms with Gasteiger partial charge in [0, 0.05) is 29.8 Å². The van der Waals surface area contributed by atoms with Crippen LogP contribution >= 0.6 is 0 Å². The molecule has 2 atom stereocenters. The van der Waals surface area contributed by atoms with Gasteiger partial charge < -0.3 is 9.84 Å². The van der Waals surface area contributed by atoms with Crippen LogP contribution in [0.25, 0.3) is 16.7 Å². The summed E-state index contributed by atoms with van der Waals surface area (Å²) >= 11 is 0. The standard InChI is InChI=1S/C21H22N2O3/c1-3-12-4-5-13(16-10-22-21(26-2)23-11-16)9-17(12)18-19(24)14-6-7-15(8-14)20(18)25/h4-5,9-11,14-15,24H,3,6-8H2,1-2H3/t14-,15+/m0/s1. The summed E-state index contributed by atoms with van der Waals surface area (Å²) in [6.45, 7) is 2.06. The largest absolute Gasteiger partial charge is 0.511 e. The number of nitrogens with zero attached hydrogens (tertiary/aromatic N) is 2. The molecule has 1 aromatic carbocycles. The number of carbonyl (C=O) groups excluding carboxylic acids is 1. The lowest BCUT2D eigenvalue weighted by molar-refractivity contribution is -0.117. The zero-order valence-electron chi connectivity index (χ0n) is 15.0. The average molecular weight is 350 g/mol. The minimum absolute atomic E-state index is 0.0589. The van der Waals surface area contributed by atoms with E-state index >= 15 is 0 Å². The lowest BCUT2D eigenvalue weighted by Gasteiger charge is -2.23. The SMILES string of the molecule is CCc1ccc(-c2cnc(OC)nc2)cc1C1=C(O)[C@H]2CC[C@H](C2)C1=O. The van der Waals surface area contributed by atoms with Gasteiger partial charge in [0.1, 0.15) is 5.76 Å². The van der Waals surface area contributed by atoms with E-state index in [2.05, 4.69) is 16.9 Å². The molecule has 2 aromatic rings. The molecule has 0 saturated heterocycles. The molecule has 2 aliphatic rings. The fourth-order valence-corrected chi connectivity index (χ4v) is 4.14. The summed E-state index contributed by atoms with van der Waals surface area (Å²) in [7, 11) is 1.53. The van der Waals surface area contributed by atoms with Crippen molar-refractivity contribution < 1.29 is 14.6 Å². The summed E-state index contributed by atoms with van der Waals surface area (Å²) in [6, 6.07) is 6.34. The number of methoxy groups -OCH3 is 1. The molecule has 0 spiro atoms. The van der Waals surface area contributed by atoms with Crippen LogP contribution in [-0.2, 0) is 11.2 Å². The summed E-state index contributed by atoms with van der Waals surface area (Å²) in [6.07, 6.45) is 6.79. The molecule has 134 valence electrons. The Hall–Kier alpha value is -2.69. The number of allylic oxidation sites excluding steroid dienone is 2. The Balaban J connectivity index is 1.82. The van der Waals surface area contributed by atoms with Crippen molar-refractivity contribution in [2.45, 2.75) is 32.6 Å². The van der Waals surface area contributed by atoms with Crippen molar-refractivity contribution in [3.63, 3.8) is 0 Å². The lowest BCUT2D eigenvalue weighted by atomic mass is 9.81. The highest BCUT2D eigenvalue weighted by Gasteiger charge is 2.41. The first-order valence-corrected chi connectivity index (χ1v) is 9.09. The highest BCUT2D eigenvalue weighted by molar-refractivity contribution is 6.23. The van der Waals surface area contributed by atoms with Gasteiger partial charge in [-0.3, -0.25) is 4.79 Å². The first-order chi connectivity index (χ1) is 12.6. The van der Waals surface area contributed by atoms with Crippen molar-refractivity contribution in [3.05, 3.63) is 47.5 Å². The molecule has 5 nitrogen and oxygen atoms in total. The van der Waals surface area contributed by atoms with Crippen LogP contribution in [0.1, 0.15) is 37.3 Å². The number of rotatable bonds is 4. The van der Waals surface area contributed by atoms with Gasteiger partial charge in [-0.25, -0.2) is 9.97 Å². The van der Waals surface area contributed by atoms with Gasteiger partial charge in [-0.05, 0) is 48.4 Å². The molecule has 1 heterocycles. The molecule has 0 aliphatic heterocycles. The zero-order chi connectivity index (χ0) is 18.3. The van der Waals surface area contributed by atoms with E-state index in [4.69, 9.17) is 4.74 Å². The molecule has 1 saturated carbocycles. The molecule has 0 unspecified atom stereocenters. The number of aliphatic hydroxyl groups is 1. The Bertz CT molecular complexity index is 887. The van der Waals surface area contributed by atoms with Crippen molar-refractivity contribution in [3.8, 4) is 17.1 Å². The second-order valence-electron chi connectivity index (χ2n) is 7.02. The van der Waals surface area contributed by atoms with Gasteiger partial charge in [-0.1, -0.05) is 19.1 Å². The maximum atomic E-state index is 12.9. The van der Waals surface area contributed by atoms with Crippen LogP contribution in [0.2, 0.25) is 0 Å². The summed E-state index contributed by atoms with van der Waals surface area (Å²) in [5, 5.41) is 10.7. The fraction of sp³-hybridized carbons (Fsp3) is 0.381. The molecule has 4 rings (SSSR count). The average Bonchev–Trinajstić information content (AvgIpc) is 3.14. The molecule has 0 amide bonds. The van der Waals surface area contributed by atoms with E-state index < -0.39 is 0 Å². The highest BCUT2D eigenvalue weighted by Crippen LogP contribution is 2.46. The minimum Gasteiger partial charge on any atom is -0.511 e. The topological polar surface area (TPSA) is 72.3 Å². The molecule has 0 radical (unpaired) electrons. The highest BCUT2D eigenvalue weighted by atomic mass is 16.5. The zero-order valence-corrected chi connectivity index (χ0v) is 15.0. The Kier molecular flexibility index (Phi) is 4.23. The maximum absolute atomic E-state index is 12.9. The van der Waals surface area contributed by atoms with E-state index in [9.17, 15) is 9.90 Å². The van der Waals surface area contributed by atoms with Crippen LogP contribution in [0.5, 0.6) is 6.01 Å². The van der Waals surface area contributed by atoms with Crippen molar-refractivity contribution in [1.82, 2.24) is 9.97 Å². The van der Waals surface area contributed by atoms with Crippen LogP contribution in [0, 0.1) is 11.8 Å². The smallest absolute Gasteiger partial charge is 0.316 e. The third-order valence-corrected chi connectivity index (χ3v) is 5.60. The molecule has 2 bridgehead atoms. The number of hydrogen-bond acceptors (Lipinski definition) is 5. The summed E-state index contributed by atoms with van der Waals surface area (Å²) in [5.41, 5.74) is 4.21. The van der Waals surface area contributed by atoms with Gasteiger partial charge in [0.15, 0.2) is 5.78 Å². The third-order valence-electron chi connectivity index (χ3n) is 5.60. The number of Topliss-reactive ketones (excluding diaryl/α,β-unsaturated/α-hetero) is 1. The summed E-state index contributed by atoms with van der Waals surface area (Å²) in [5.74, 6) is 0.560. The third kappa shape index (κ3) is 2.68. The number of ether oxygens (including phenoxy) is 1. The predicted octanol–water partition coefficient (Wildman–Crippen LogP) is 3.98. The lowest BCUT2D eigenvalue weighted by Crippen LogP contribution is -2.22. The number of carbonyl (C=O) groups is 1. The van der Waals surface area contributed by atoms with E-state index in [0.29, 0.717) is 11.6 Å². The first kappa shape index (κ1) is 16.8. The number of fused-ring (bicyclic) bond motifs is 2. The Morgan fingerprint density at radius 1 is 1.15 bits per heavy atom. The number of hydrogen-bond donors (Lipinski definition) is 1. The summed E-state index contributed by atoms with van der Waals surface area (Å²) in [4.78, 5) is 21.3. The molecule has 26 heavy (non-hydrogen) atoms. The van der Waals surface area contributed by atoms with Crippen molar-refractivity contribution >= 4 is 11.4 Å². The molecule has 1 N–H and O–H groups in total. The molecular formula is C21H22N2O3. The molecular weight excluding hydrogens is 328 g/mol. The molecule has 1 aromatic heterocycles. The van der Waals surface area contributed by atoms with Gasteiger partial charge in [0.25, 0.3) is 0 Å². The Labute approximate surface area is 152 Å². The predicted molar refractivity (Wildman–Crippen MR) is 98.8 cm³/mol. The van der Waals surface area contributed by atoms with Crippen molar-refractivity contribution in [2.75, 3.05) is 7.11 Å². The van der Waals surface area contributed by atoms with E-state index in [0.717, 1.165) is 47.9 Å². The normalized spacial score (nSPS) is 22.0. The molecule has 2 aliphatic carbocycles. The van der Waals surface area contributed by atoms with Crippen LogP contribution in [0.15, 0.2) is 36.4 Å². The van der Waals surface area contributed by atoms with E-state index in [-0.39, 0.29) is 23.4 Å². The first-order valence-electron chi connectivity index (χ1n) is 9.09. The van der Waals surface area contributed by atoms with E-state index in [1.807, 2.05) is 18.2 Å². The van der Waals surface area contributed by atoms with E-state index in [1.165, 1.54) is 7.11 Å². The number of aryl methyl sites for hydroxylation is 1. The van der Waals surface area contributed by atoms with Crippen LogP contribution in [-0.4, -0.2) is 28.0 Å². The van der Waals surface area contributed by atoms with Crippen LogP contribution < -0.4 is 4.74 Å². The number of ketones is 1. The molecule has 1 fully saturated rings. The summed E-state index contributed by atoms with van der Waals surface area (Å²) < 4.78 is 5.01. The van der Waals surface area contributed by atoms with E-state index in [1.54, 1.807) is 12.4 Å².